The lowest BCUT2D eigenvalue weighted by Crippen LogP contribution is -2.07. The van der Waals surface area contributed by atoms with Crippen LogP contribution in [0.2, 0.25) is 0 Å². The zero-order valence-corrected chi connectivity index (χ0v) is 13.8. The Morgan fingerprint density at radius 3 is 2.68 bits per heavy atom. The molecule has 2 heterocycles. The Morgan fingerprint density at radius 1 is 1.36 bits per heavy atom. The van der Waals surface area contributed by atoms with Crippen molar-refractivity contribution in [2.24, 2.45) is 0 Å². The first-order valence-electron chi connectivity index (χ1n) is 6.56. The predicted octanol–water partition coefficient (Wildman–Crippen LogP) is 1.61. The van der Waals surface area contributed by atoms with E-state index in [1.807, 2.05) is 13.0 Å². The minimum absolute atomic E-state index is 0.249. The first-order valence-corrected chi connectivity index (χ1v) is 8.59. The number of hydrogen-bond donors (Lipinski definition) is 2. The summed E-state index contributed by atoms with van der Waals surface area (Å²) in [5, 5.41) is 5.32. The normalized spacial score (nSPS) is 13.3. The zero-order valence-electron chi connectivity index (χ0n) is 13.0. The van der Waals surface area contributed by atoms with E-state index >= 15 is 0 Å². The molecule has 2 aromatic heterocycles. The Bertz CT molecular complexity index is 813. The Hall–Kier alpha value is -2.35. The van der Waals surface area contributed by atoms with Crippen molar-refractivity contribution in [1.29, 1.82) is 0 Å². The van der Waals surface area contributed by atoms with Crippen molar-refractivity contribution in [3.8, 4) is 5.75 Å². The molecule has 0 aliphatic carbocycles. The zero-order chi connectivity index (χ0) is 16.3. The van der Waals surface area contributed by atoms with Gasteiger partial charge in [-0.15, -0.1) is 0 Å². The van der Waals surface area contributed by atoms with Crippen molar-refractivity contribution in [1.82, 2.24) is 15.0 Å². The predicted molar refractivity (Wildman–Crippen MR) is 89.3 cm³/mol. The second-order valence-electron chi connectivity index (χ2n) is 4.69. The quantitative estimate of drug-likeness (QED) is 0.825. The maximum Gasteiger partial charge on any atom is 0.204 e. The van der Waals surface area contributed by atoms with E-state index in [-0.39, 0.29) is 5.82 Å². The van der Waals surface area contributed by atoms with Gasteiger partial charge in [0.2, 0.25) is 5.75 Å². The van der Waals surface area contributed by atoms with E-state index < -0.39 is 9.52 Å². The molecule has 8 heteroatoms. The molecule has 22 heavy (non-hydrogen) atoms. The minimum atomic E-state index is -2.21. The average molecular weight is 321 g/mol. The van der Waals surface area contributed by atoms with Crippen molar-refractivity contribution in [3.05, 3.63) is 24.2 Å². The van der Waals surface area contributed by atoms with Crippen LogP contribution >= 0.6 is 0 Å². The van der Waals surface area contributed by atoms with Crippen LogP contribution in [0.1, 0.15) is 12.6 Å². The molecule has 0 bridgehead atoms. The highest BCUT2D eigenvalue weighted by atomic mass is 32.2. The van der Waals surface area contributed by atoms with Crippen LogP contribution < -0.4 is 15.8 Å². The van der Waals surface area contributed by atoms with Gasteiger partial charge < -0.3 is 15.8 Å². The Morgan fingerprint density at radius 2 is 2.09 bits per heavy atom. The van der Waals surface area contributed by atoms with Crippen molar-refractivity contribution in [3.63, 3.8) is 0 Å². The maximum absolute atomic E-state index is 12.3. The van der Waals surface area contributed by atoms with E-state index in [4.69, 9.17) is 10.5 Å². The van der Waals surface area contributed by atoms with E-state index in [1.54, 1.807) is 24.6 Å². The van der Waals surface area contributed by atoms with Gasteiger partial charge >= 0.3 is 0 Å². The first-order chi connectivity index (χ1) is 10.4. The van der Waals surface area contributed by atoms with Crippen molar-refractivity contribution < 1.29 is 8.95 Å². The summed E-state index contributed by atoms with van der Waals surface area (Å²) in [6, 6.07) is 3.54. The summed E-state index contributed by atoms with van der Waals surface area (Å²) in [5.74, 6) is 1.07. The van der Waals surface area contributed by atoms with Gasteiger partial charge in [-0.05, 0) is 31.3 Å². The summed E-state index contributed by atoms with van der Waals surface area (Å²) in [5.41, 5.74) is 7.18. The van der Waals surface area contributed by atoms with Gasteiger partial charge in [0, 0.05) is 15.8 Å². The number of anilines is 3. The molecule has 2 rings (SSSR count). The largest absolute Gasteiger partial charge is 0.490 e. The second kappa shape index (κ2) is 6.18. The van der Waals surface area contributed by atoms with Crippen LogP contribution in [0.4, 0.5) is 17.3 Å². The Balaban J connectivity index is 2.40. The summed E-state index contributed by atoms with van der Waals surface area (Å²) in [6.45, 7) is 3.59. The van der Waals surface area contributed by atoms with Gasteiger partial charge in [0.05, 0.1) is 18.5 Å². The van der Waals surface area contributed by atoms with E-state index in [0.29, 0.717) is 22.3 Å². The van der Waals surface area contributed by atoms with Gasteiger partial charge in [0.1, 0.15) is 11.4 Å². The van der Waals surface area contributed by atoms with E-state index in [0.717, 1.165) is 5.69 Å². The molecule has 3 N–H and O–H groups in total. The van der Waals surface area contributed by atoms with Crippen LogP contribution in [0.5, 0.6) is 5.75 Å². The molecule has 7 nitrogen and oxygen atoms in total. The lowest BCUT2D eigenvalue weighted by Gasteiger charge is -2.13. The molecule has 0 spiro atoms. The van der Waals surface area contributed by atoms with Crippen LogP contribution in [0.15, 0.2) is 23.5 Å². The van der Waals surface area contributed by atoms with Crippen LogP contribution in [0.25, 0.3) is 0 Å². The maximum atomic E-state index is 12.3. The number of nitrogens with one attached hydrogen (secondary N) is 1. The number of nitrogens with two attached hydrogens (primary N) is 1. The number of aryl methyl sites for hydroxylation is 1. The highest BCUT2D eigenvalue weighted by Crippen LogP contribution is 2.30. The van der Waals surface area contributed by atoms with E-state index in [1.165, 1.54) is 13.4 Å². The fourth-order valence-electron chi connectivity index (χ4n) is 1.82. The van der Waals surface area contributed by atoms with Gasteiger partial charge in [0.25, 0.3) is 0 Å². The van der Waals surface area contributed by atoms with Crippen molar-refractivity contribution in [2.45, 2.75) is 18.9 Å². The fraction of sp³-hybridized carbons (Fsp3) is 0.286. The fourth-order valence-corrected chi connectivity index (χ4v) is 2.72. The third-order valence-corrected chi connectivity index (χ3v) is 5.17. The molecule has 1 atom stereocenters. The minimum Gasteiger partial charge on any atom is -0.490 e. The molecule has 0 radical (unpaired) electrons. The highest BCUT2D eigenvalue weighted by molar-refractivity contribution is 8.00. The molecule has 0 aliphatic rings. The summed E-state index contributed by atoms with van der Waals surface area (Å²) >= 11 is 0. The van der Waals surface area contributed by atoms with Crippen LogP contribution in [0.3, 0.4) is 0 Å². The molecule has 2 aromatic rings. The summed E-state index contributed by atoms with van der Waals surface area (Å²) in [7, 11) is -0.716. The third kappa shape index (κ3) is 3.11. The number of rotatable bonds is 4. The average Bonchev–Trinajstić information content (AvgIpc) is 2.49. The number of nitrogen functional groups attached to an aromatic ring is 1. The van der Waals surface area contributed by atoms with Crippen LogP contribution in [0, 0.1) is 6.92 Å². The van der Waals surface area contributed by atoms with Gasteiger partial charge in [-0.2, -0.15) is 0 Å². The number of aromatic nitrogens is 3. The number of pyridine rings is 1. The number of nitrogens with zero attached hydrogens (tertiary/aromatic N) is 3. The summed E-state index contributed by atoms with van der Waals surface area (Å²) < 4.78 is 17.5. The summed E-state index contributed by atoms with van der Waals surface area (Å²) in [4.78, 5) is 12.4. The molecule has 0 fully saturated rings. The lowest BCUT2D eigenvalue weighted by molar-refractivity contribution is 0.415. The lowest BCUT2D eigenvalue weighted by atomic mass is 10.3. The number of hydrogen-bond acceptors (Lipinski definition) is 7. The van der Waals surface area contributed by atoms with Crippen molar-refractivity contribution >= 4 is 32.2 Å². The molecule has 0 saturated carbocycles. The van der Waals surface area contributed by atoms with Gasteiger partial charge in [-0.1, -0.05) is 0 Å². The van der Waals surface area contributed by atoms with Crippen molar-refractivity contribution in [2.75, 3.05) is 24.4 Å². The molecule has 0 saturated heterocycles. The topological polar surface area (TPSA) is 103 Å². The van der Waals surface area contributed by atoms with E-state index in [2.05, 4.69) is 20.3 Å². The summed E-state index contributed by atoms with van der Waals surface area (Å²) in [6.07, 6.45) is 3.01. The molecule has 1 unspecified atom stereocenters. The molecule has 0 amide bonds. The number of methoxy groups -OCH3 is 1. The van der Waals surface area contributed by atoms with Crippen LogP contribution in [-0.4, -0.2) is 37.9 Å². The standard InChI is InChI=1S/C14H19N5O2S/c1-5-22(4,20)11-7-6-10(9(2)18-11)19-14-12(21-3)13(15)16-8-17-14/h5-8H,1-4H3,(H3,15,16,17,19). The molecular formula is C14H19N5O2S. The first kappa shape index (κ1) is 16.0. The molecule has 0 aliphatic heterocycles. The van der Waals surface area contributed by atoms with Crippen LogP contribution in [-0.2, 0) is 9.52 Å². The molecule has 118 valence electrons. The monoisotopic (exact) mass is 321 g/mol. The van der Waals surface area contributed by atoms with E-state index in [9.17, 15) is 4.21 Å². The smallest absolute Gasteiger partial charge is 0.204 e. The van der Waals surface area contributed by atoms with Gasteiger partial charge in [-0.25, -0.2) is 15.0 Å². The SMILES string of the molecule is CC=S(C)(=O)c1ccc(Nc2ncnc(N)c2OC)c(C)n1. The number of ether oxygens (including phenoxy) is 1. The molecule has 0 aromatic carbocycles. The second-order valence-corrected chi connectivity index (χ2v) is 7.39. The van der Waals surface area contributed by atoms with Gasteiger partial charge in [0.15, 0.2) is 11.6 Å². The Labute approximate surface area is 130 Å². The highest BCUT2D eigenvalue weighted by Gasteiger charge is 2.12. The molecular weight excluding hydrogens is 302 g/mol. The Kier molecular flexibility index (Phi) is 4.51. The third-order valence-electron chi connectivity index (χ3n) is 3.21. The van der Waals surface area contributed by atoms with Gasteiger partial charge in [-0.3, -0.25) is 4.21 Å².